The van der Waals surface area contributed by atoms with Gasteiger partial charge < -0.3 is 4.90 Å². The summed E-state index contributed by atoms with van der Waals surface area (Å²) >= 11 is 1.88. The van der Waals surface area contributed by atoms with Gasteiger partial charge in [0.2, 0.25) is 0 Å². The van der Waals surface area contributed by atoms with Crippen molar-refractivity contribution in [2.24, 2.45) is 0 Å². The molecule has 1 aliphatic heterocycles. The van der Waals surface area contributed by atoms with E-state index in [4.69, 9.17) is 0 Å². The van der Waals surface area contributed by atoms with Crippen LogP contribution in [0.25, 0.3) is 0 Å². The Hall–Kier alpha value is -0.500. The number of hydrogen-bond acceptors (Lipinski definition) is 2. The normalized spacial score (nSPS) is 16.3. The van der Waals surface area contributed by atoms with Gasteiger partial charge in [0.05, 0.1) is 5.00 Å². The standard InChI is InChI=1S/C7H9NS/c1-6-2-3-7(9-6)8-4-5-8/h2-3H,4-5H2,1H3. The van der Waals surface area contributed by atoms with E-state index in [0.717, 1.165) is 0 Å². The summed E-state index contributed by atoms with van der Waals surface area (Å²) in [5.41, 5.74) is 0. The predicted molar refractivity (Wildman–Crippen MR) is 41.3 cm³/mol. The quantitative estimate of drug-likeness (QED) is 0.537. The molecule has 0 atom stereocenters. The Morgan fingerprint density at radius 2 is 2.22 bits per heavy atom. The minimum atomic E-state index is 1.26. The molecule has 2 rings (SSSR count). The highest BCUT2D eigenvalue weighted by Gasteiger charge is 2.18. The van der Waals surface area contributed by atoms with E-state index in [9.17, 15) is 0 Å². The lowest BCUT2D eigenvalue weighted by atomic mass is 10.5. The van der Waals surface area contributed by atoms with Crippen LogP contribution in [-0.4, -0.2) is 13.1 Å². The Bertz CT molecular complexity index is 212. The van der Waals surface area contributed by atoms with E-state index in [1.165, 1.54) is 23.0 Å². The number of thiophene rings is 1. The molecule has 0 saturated carbocycles. The van der Waals surface area contributed by atoms with Gasteiger partial charge in [-0.3, -0.25) is 0 Å². The average Bonchev–Trinajstić information content (AvgIpc) is 2.58. The van der Waals surface area contributed by atoms with E-state index in [1.54, 1.807) is 0 Å². The molecule has 0 radical (unpaired) electrons. The number of aryl methyl sites for hydroxylation is 1. The fourth-order valence-electron chi connectivity index (χ4n) is 0.862. The van der Waals surface area contributed by atoms with E-state index >= 15 is 0 Å². The number of hydrogen-bond donors (Lipinski definition) is 0. The molecule has 0 aliphatic carbocycles. The first-order chi connectivity index (χ1) is 4.36. The SMILES string of the molecule is Cc1ccc(N2CC2)s1. The maximum absolute atomic E-state index is 2.37. The summed E-state index contributed by atoms with van der Waals surface area (Å²) in [7, 11) is 0. The third kappa shape index (κ3) is 0.944. The summed E-state index contributed by atoms with van der Waals surface area (Å²) in [6.45, 7) is 4.68. The van der Waals surface area contributed by atoms with E-state index in [1.807, 2.05) is 11.3 Å². The van der Waals surface area contributed by atoms with Gasteiger partial charge in [0.15, 0.2) is 0 Å². The lowest BCUT2D eigenvalue weighted by molar-refractivity contribution is 1.46. The van der Waals surface area contributed by atoms with Crippen LogP contribution < -0.4 is 4.90 Å². The topological polar surface area (TPSA) is 3.01 Å². The third-order valence-corrected chi connectivity index (χ3v) is 2.55. The Labute approximate surface area is 58.9 Å². The highest BCUT2D eigenvalue weighted by molar-refractivity contribution is 7.16. The average molecular weight is 139 g/mol. The summed E-state index contributed by atoms with van der Waals surface area (Å²) in [5, 5.41) is 1.44. The van der Waals surface area contributed by atoms with Crippen LogP contribution in [0, 0.1) is 6.92 Å². The molecule has 1 aromatic heterocycles. The lowest BCUT2D eigenvalue weighted by Gasteiger charge is -1.91. The molecule has 1 nitrogen and oxygen atoms in total. The molecule has 2 heteroatoms. The zero-order chi connectivity index (χ0) is 6.27. The summed E-state index contributed by atoms with van der Waals surface area (Å²) in [4.78, 5) is 3.79. The molecule has 1 aliphatic rings. The van der Waals surface area contributed by atoms with E-state index < -0.39 is 0 Å². The van der Waals surface area contributed by atoms with Gasteiger partial charge in [0.1, 0.15) is 0 Å². The molecule has 48 valence electrons. The van der Waals surface area contributed by atoms with Gasteiger partial charge in [-0.1, -0.05) is 0 Å². The van der Waals surface area contributed by atoms with Crippen LogP contribution in [0.3, 0.4) is 0 Å². The van der Waals surface area contributed by atoms with Crippen LogP contribution in [-0.2, 0) is 0 Å². The first-order valence-corrected chi connectivity index (χ1v) is 3.99. The highest BCUT2D eigenvalue weighted by atomic mass is 32.1. The van der Waals surface area contributed by atoms with Crippen LogP contribution >= 0.6 is 11.3 Å². The van der Waals surface area contributed by atoms with Gasteiger partial charge in [-0.15, -0.1) is 11.3 Å². The molecule has 0 amide bonds. The maximum Gasteiger partial charge on any atom is 0.0912 e. The summed E-state index contributed by atoms with van der Waals surface area (Å²) in [6, 6.07) is 4.38. The van der Waals surface area contributed by atoms with Crippen molar-refractivity contribution in [2.75, 3.05) is 18.0 Å². The first-order valence-electron chi connectivity index (χ1n) is 3.17. The largest absolute Gasteiger partial charge is 0.360 e. The summed E-state index contributed by atoms with van der Waals surface area (Å²) in [5.74, 6) is 0. The molecule has 1 saturated heterocycles. The molecule has 0 spiro atoms. The van der Waals surface area contributed by atoms with Crippen LogP contribution in [0.5, 0.6) is 0 Å². The zero-order valence-corrected chi connectivity index (χ0v) is 6.24. The van der Waals surface area contributed by atoms with Gasteiger partial charge in [-0.2, -0.15) is 0 Å². The summed E-state index contributed by atoms with van der Waals surface area (Å²) < 4.78 is 0. The highest BCUT2D eigenvalue weighted by Crippen LogP contribution is 2.29. The van der Waals surface area contributed by atoms with E-state index in [-0.39, 0.29) is 0 Å². The molecule has 0 N–H and O–H groups in total. The molecule has 9 heavy (non-hydrogen) atoms. The predicted octanol–water partition coefficient (Wildman–Crippen LogP) is 1.88. The van der Waals surface area contributed by atoms with Gasteiger partial charge in [0.25, 0.3) is 0 Å². The van der Waals surface area contributed by atoms with Crippen molar-refractivity contribution in [1.82, 2.24) is 0 Å². The van der Waals surface area contributed by atoms with Crippen LogP contribution in [0.15, 0.2) is 12.1 Å². The molecular formula is C7H9NS. The van der Waals surface area contributed by atoms with Crippen molar-refractivity contribution >= 4 is 16.3 Å². The molecule has 1 aromatic rings. The minimum Gasteiger partial charge on any atom is -0.360 e. The van der Waals surface area contributed by atoms with Crippen molar-refractivity contribution in [3.8, 4) is 0 Å². The second kappa shape index (κ2) is 1.74. The van der Waals surface area contributed by atoms with Crippen molar-refractivity contribution in [3.05, 3.63) is 17.0 Å². The van der Waals surface area contributed by atoms with E-state index in [2.05, 4.69) is 24.0 Å². The Morgan fingerprint density at radius 1 is 1.44 bits per heavy atom. The monoisotopic (exact) mass is 139 g/mol. The maximum atomic E-state index is 2.37. The van der Waals surface area contributed by atoms with Gasteiger partial charge >= 0.3 is 0 Å². The molecule has 0 aromatic carbocycles. The van der Waals surface area contributed by atoms with Gasteiger partial charge in [-0.25, -0.2) is 0 Å². The fraction of sp³-hybridized carbons (Fsp3) is 0.429. The van der Waals surface area contributed by atoms with E-state index in [0.29, 0.717) is 0 Å². The fourth-order valence-corrected chi connectivity index (χ4v) is 1.78. The molecule has 1 fully saturated rings. The van der Waals surface area contributed by atoms with Crippen molar-refractivity contribution in [3.63, 3.8) is 0 Å². The molecular weight excluding hydrogens is 130 g/mol. The van der Waals surface area contributed by atoms with Crippen LogP contribution in [0.2, 0.25) is 0 Å². The number of anilines is 1. The lowest BCUT2D eigenvalue weighted by Crippen LogP contribution is -1.83. The van der Waals surface area contributed by atoms with Crippen LogP contribution in [0.4, 0.5) is 5.00 Å². The Morgan fingerprint density at radius 3 is 2.67 bits per heavy atom. The number of rotatable bonds is 1. The van der Waals surface area contributed by atoms with Gasteiger partial charge in [0, 0.05) is 18.0 Å². The Balaban J connectivity index is 2.28. The van der Waals surface area contributed by atoms with Crippen molar-refractivity contribution < 1.29 is 0 Å². The number of nitrogens with zero attached hydrogens (tertiary/aromatic N) is 1. The van der Waals surface area contributed by atoms with Crippen molar-refractivity contribution in [2.45, 2.75) is 6.92 Å². The van der Waals surface area contributed by atoms with Crippen LogP contribution in [0.1, 0.15) is 4.88 Å². The molecule has 0 bridgehead atoms. The molecule has 2 heterocycles. The minimum absolute atomic E-state index is 1.26. The first kappa shape index (κ1) is 5.30. The second-order valence-electron chi connectivity index (χ2n) is 2.37. The third-order valence-electron chi connectivity index (χ3n) is 1.49. The van der Waals surface area contributed by atoms with Crippen molar-refractivity contribution in [1.29, 1.82) is 0 Å². The Kier molecular flexibility index (Phi) is 1.02. The smallest absolute Gasteiger partial charge is 0.0912 e. The summed E-state index contributed by atoms with van der Waals surface area (Å²) in [6.07, 6.45) is 0. The van der Waals surface area contributed by atoms with Gasteiger partial charge in [-0.05, 0) is 19.1 Å². The zero-order valence-electron chi connectivity index (χ0n) is 5.42. The molecule has 0 unspecified atom stereocenters. The second-order valence-corrected chi connectivity index (χ2v) is 3.64.